The minimum Gasteiger partial charge on any atom is 0 e. The molecule has 3 nitrogen and oxygen atoms in total. The molecule has 0 amide bonds. The van der Waals surface area contributed by atoms with Crippen LogP contribution in [0, 0.1) is 6.08 Å². The van der Waals surface area contributed by atoms with Crippen molar-refractivity contribution in [3.8, 4) is 0 Å². The van der Waals surface area contributed by atoms with Gasteiger partial charge in [0.1, 0.15) is 0 Å². The fourth-order valence-corrected chi connectivity index (χ4v) is 3.02. The van der Waals surface area contributed by atoms with Gasteiger partial charge < -0.3 is 15.3 Å². The van der Waals surface area contributed by atoms with Gasteiger partial charge in [0, 0.05) is 47.5 Å². The van der Waals surface area contributed by atoms with Crippen molar-refractivity contribution < 1.29 is 41.5 Å². The summed E-state index contributed by atoms with van der Waals surface area (Å²) in [5, 5.41) is 21.0. The molecule has 0 bridgehead atoms. The molecule has 0 spiro atoms. The van der Waals surface area contributed by atoms with E-state index in [1.165, 1.54) is 0 Å². The van der Waals surface area contributed by atoms with Crippen molar-refractivity contribution in [3.05, 3.63) is 22.6 Å². The monoisotopic (exact) mass is 355 g/mol. The molecule has 1 aliphatic rings. The van der Waals surface area contributed by atoms with E-state index < -0.39 is 14.3 Å². The Balaban J connectivity index is -0.0000000755. The topological polar surface area (TPSA) is 60.7 Å². The van der Waals surface area contributed by atoms with Crippen LogP contribution >= 0.6 is 0 Å². The molecular formula is C10H23GeO3Zr-. The first-order valence-electron chi connectivity index (χ1n) is 4.42. The Labute approximate surface area is 117 Å². The van der Waals surface area contributed by atoms with Gasteiger partial charge in [0.15, 0.2) is 0 Å². The third-order valence-electron chi connectivity index (χ3n) is 1.34. The van der Waals surface area contributed by atoms with Gasteiger partial charge in [-0.15, -0.1) is 0 Å². The zero-order valence-corrected chi connectivity index (χ0v) is 15.2. The second-order valence-corrected chi connectivity index (χ2v) is 8.54. The Bertz CT molecular complexity index is 148. The van der Waals surface area contributed by atoms with Crippen LogP contribution in [0.3, 0.4) is 0 Å². The van der Waals surface area contributed by atoms with E-state index in [1.54, 1.807) is 4.41 Å². The third-order valence-corrected chi connectivity index (χ3v) is 4.79. The van der Waals surface area contributed by atoms with Crippen LogP contribution in [0.15, 0.2) is 16.6 Å². The van der Waals surface area contributed by atoms with Gasteiger partial charge in [-0.2, -0.15) is 0 Å². The molecule has 0 saturated carbocycles. The number of allylic oxidation sites excluding steroid dienone is 4. The molecular weight excluding hydrogens is 332 g/mol. The predicted octanol–water partition coefficient (Wildman–Crippen LogP) is 0.525. The second-order valence-electron chi connectivity index (χ2n) is 2.39. The molecule has 0 aromatic carbocycles. The molecule has 0 fully saturated rings. The van der Waals surface area contributed by atoms with Crippen LogP contribution in [0.4, 0.5) is 0 Å². The average Bonchev–Trinajstić information content (AvgIpc) is 2.80. The molecule has 0 saturated heterocycles. The molecule has 0 aromatic heterocycles. The van der Waals surface area contributed by atoms with Gasteiger partial charge >= 0.3 is 54.9 Å². The van der Waals surface area contributed by atoms with Gasteiger partial charge in [0.05, 0.1) is 0 Å². The van der Waals surface area contributed by atoms with Crippen LogP contribution < -0.4 is 0 Å². The third kappa shape index (κ3) is 17.4. The molecule has 3 N–H and O–H groups in total. The van der Waals surface area contributed by atoms with E-state index in [-0.39, 0.29) is 26.2 Å². The van der Waals surface area contributed by atoms with Crippen molar-refractivity contribution in [2.75, 3.05) is 21.3 Å². The maximum atomic E-state index is 7.00. The first-order valence-corrected chi connectivity index (χ1v) is 10.5. The van der Waals surface area contributed by atoms with Crippen LogP contribution in [0.2, 0.25) is 11.5 Å². The molecule has 0 radical (unpaired) electrons. The van der Waals surface area contributed by atoms with Gasteiger partial charge in [-0.3, -0.25) is 0 Å². The van der Waals surface area contributed by atoms with Crippen LogP contribution in [0.5, 0.6) is 0 Å². The largest absolute Gasteiger partial charge is 0 e. The Hall–Kier alpha value is 0.786. The molecule has 0 aromatic rings. The SMILES string of the molecule is CO.CO.CO.[CH3][GeH]([CH3])[C]1=[C-]CC=C1.[Zr]. The number of aliphatic hydroxyl groups is 3. The fraction of sp³-hybridized carbons (Fsp3) is 0.600. The molecule has 90 valence electrons. The summed E-state index contributed by atoms with van der Waals surface area (Å²) in [5.41, 5.74) is 0. The van der Waals surface area contributed by atoms with E-state index in [0.29, 0.717) is 0 Å². The van der Waals surface area contributed by atoms with E-state index in [4.69, 9.17) is 15.3 Å². The van der Waals surface area contributed by atoms with Gasteiger partial charge in [-0.25, -0.2) is 0 Å². The van der Waals surface area contributed by atoms with Crippen LogP contribution in [-0.2, 0) is 26.2 Å². The van der Waals surface area contributed by atoms with Gasteiger partial charge in [-0.05, 0) is 0 Å². The molecule has 1 rings (SSSR count). The molecule has 0 unspecified atom stereocenters. The van der Waals surface area contributed by atoms with Gasteiger partial charge in [0.2, 0.25) is 0 Å². The second kappa shape index (κ2) is 24.2. The van der Waals surface area contributed by atoms with E-state index in [1.807, 2.05) is 0 Å². The molecule has 0 aliphatic heterocycles. The summed E-state index contributed by atoms with van der Waals surface area (Å²) in [6, 6.07) is 0. The maximum absolute atomic E-state index is 7.00. The van der Waals surface area contributed by atoms with Crippen LogP contribution in [-0.4, -0.2) is 51.0 Å². The van der Waals surface area contributed by atoms with Crippen molar-refractivity contribution in [1.29, 1.82) is 0 Å². The standard InChI is InChI=1S/C7H11Ge.3CH4O.Zr/c1-8(2)7-5-3-4-6-7;3*1-2;/h3,5,8H,4H2,1-2H3;3*2H,1H3;/q-1;;;;. The molecule has 0 heterocycles. The van der Waals surface area contributed by atoms with Crippen LogP contribution in [0.25, 0.3) is 0 Å². The average molecular weight is 355 g/mol. The molecule has 1 aliphatic carbocycles. The minimum absolute atomic E-state index is 0. The molecule has 5 heteroatoms. The fourth-order valence-electron chi connectivity index (χ4n) is 0.818. The number of hydrogen-bond acceptors (Lipinski definition) is 3. The normalized spacial score (nSPS) is 10.6. The maximum Gasteiger partial charge on any atom is 0 e. The smallest absolute Gasteiger partial charge is 0 e. The van der Waals surface area contributed by atoms with Crippen molar-refractivity contribution in [1.82, 2.24) is 0 Å². The predicted molar refractivity (Wildman–Crippen MR) is 63.8 cm³/mol. The van der Waals surface area contributed by atoms with E-state index in [2.05, 4.69) is 29.7 Å². The summed E-state index contributed by atoms with van der Waals surface area (Å²) < 4.78 is 1.55. The summed E-state index contributed by atoms with van der Waals surface area (Å²) >= 11 is -0.912. The quantitative estimate of drug-likeness (QED) is 0.475. The van der Waals surface area contributed by atoms with E-state index in [9.17, 15) is 0 Å². The van der Waals surface area contributed by atoms with Crippen molar-refractivity contribution in [2.45, 2.75) is 17.9 Å². The first kappa shape index (κ1) is 24.8. The summed E-state index contributed by atoms with van der Waals surface area (Å²) in [4.78, 5) is 0. The number of hydrogen-bond donors (Lipinski definition) is 3. The van der Waals surface area contributed by atoms with Crippen molar-refractivity contribution in [3.63, 3.8) is 0 Å². The van der Waals surface area contributed by atoms with Crippen LogP contribution in [0.1, 0.15) is 6.42 Å². The summed E-state index contributed by atoms with van der Waals surface area (Å²) in [6.45, 7) is 0. The van der Waals surface area contributed by atoms with E-state index in [0.717, 1.165) is 27.8 Å². The van der Waals surface area contributed by atoms with Gasteiger partial charge in [0.25, 0.3) is 0 Å². The number of aliphatic hydroxyl groups excluding tert-OH is 3. The molecule has 15 heavy (non-hydrogen) atoms. The molecule has 0 atom stereocenters. The summed E-state index contributed by atoms with van der Waals surface area (Å²) in [7, 11) is 3.00. The number of rotatable bonds is 1. The van der Waals surface area contributed by atoms with Gasteiger partial charge in [-0.1, -0.05) is 0 Å². The zero-order valence-electron chi connectivity index (χ0n) is 10.3. The summed E-state index contributed by atoms with van der Waals surface area (Å²) in [6.07, 6.45) is 8.85. The summed E-state index contributed by atoms with van der Waals surface area (Å²) in [5.74, 6) is 4.76. The van der Waals surface area contributed by atoms with Crippen molar-refractivity contribution in [2.24, 2.45) is 0 Å². The Morgan fingerprint density at radius 3 is 1.60 bits per heavy atom. The first-order chi connectivity index (χ1) is 6.80. The van der Waals surface area contributed by atoms with E-state index >= 15 is 0 Å². The Morgan fingerprint density at radius 2 is 1.47 bits per heavy atom. The minimum atomic E-state index is -0.912. The Kier molecular flexibility index (Phi) is 40.0. The zero-order chi connectivity index (χ0) is 12.0. The Morgan fingerprint density at radius 1 is 1.07 bits per heavy atom. The van der Waals surface area contributed by atoms with Crippen molar-refractivity contribution >= 4 is 14.3 Å².